The molecule has 0 unspecified atom stereocenters. The van der Waals surface area contributed by atoms with E-state index >= 15 is 0 Å². The van der Waals surface area contributed by atoms with Gasteiger partial charge in [0.1, 0.15) is 11.2 Å². The van der Waals surface area contributed by atoms with Crippen molar-refractivity contribution in [2.24, 2.45) is 10.9 Å². The van der Waals surface area contributed by atoms with Crippen LogP contribution in [0.2, 0.25) is 0 Å². The van der Waals surface area contributed by atoms with Gasteiger partial charge in [-0.2, -0.15) is 5.10 Å². The Bertz CT molecular complexity index is 517. The van der Waals surface area contributed by atoms with E-state index in [1.54, 1.807) is 10.7 Å². The number of oxime groups is 1. The van der Waals surface area contributed by atoms with Crippen LogP contribution in [0.3, 0.4) is 0 Å². The summed E-state index contributed by atoms with van der Waals surface area (Å²) in [7, 11) is 0. The molecule has 0 aliphatic heterocycles. The molecule has 0 saturated carbocycles. The molecule has 1 amide bonds. The number of amides is 1. The largest absolute Gasteiger partial charge is 0.409 e. The van der Waals surface area contributed by atoms with Crippen LogP contribution in [0.5, 0.6) is 0 Å². The smallest absolute Gasteiger partial charge is 0.270 e. The molecule has 118 valence electrons. The Hall–Kier alpha value is -2.05. The molecule has 0 spiro atoms. The molecule has 1 aromatic heterocycles. The number of carbonyl (C=O) groups is 1. The third-order valence-corrected chi connectivity index (χ3v) is 3.88. The summed E-state index contributed by atoms with van der Waals surface area (Å²) in [4.78, 5) is 12.5. The van der Waals surface area contributed by atoms with Gasteiger partial charge in [0.15, 0.2) is 5.84 Å². The number of nitrogens with two attached hydrogens (primary N) is 1. The van der Waals surface area contributed by atoms with E-state index in [-0.39, 0.29) is 11.7 Å². The first kappa shape index (κ1) is 17.0. The number of nitrogens with zero attached hydrogens (tertiary/aromatic N) is 3. The number of rotatable bonds is 7. The lowest BCUT2D eigenvalue weighted by atomic mass is 9.91. The van der Waals surface area contributed by atoms with E-state index in [9.17, 15) is 4.79 Å². The van der Waals surface area contributed by atoms with E-state index in [4.69, 9.17) is 10.9 Å². The number of carbonyl (C=O) groups excluding carboxylic acids is 1. The van der Waals surface area contributed by atoms with Gasteiger partial charge in [-0.25, -0.2) is 0 Å². The second-order valence-corrected chi connectivity index (χ2v) is 4.92. The molecule has 0 aliphatic carbocycles. The lowest BCUT2D eigenvalue weighted by Gasteiger charge is -2.31. The first-order valence-electron chi connectivity index (χ1n) is 7.35. The summed E-state index contributed by atoms with van der Waals surface area (Å²) in [6, 6.07) is 1.78. The molecule has 0 atom stereocenters. The molecule has 0 aliphatic rings. The second kappa shape index (κ2) is 7.10. The van der Waals surface area contributed by atoms with Crippen molar-refractivity contribution in [3.05, 3.63) is 17.5 Å². The van der Waals surface area contributed by atoms with E-state index in [1.807, 2.05) is 27.7 Å². The van der Waals surface area contributed by atoms with Gasteiger partial charge in [0.05, 0.1) is 5.69 Å². The number of nitrogens with one attached hydrogen (secondary N) is 1. The summed E-state index contributed by atoms with van der Waals surface area (Å²) < 4.78 is 1.66. The number of amidine groups is 1. The molecule has 4 N–H and O–H groups in total. The fourth-order valence-corrected chi connectivity index (χ4v) is 2.30. The van der Waals surface area contributed by atoms with Crippen LogP contribution in [-0.2, 0) is 13.0 Å². The van der Waals surface area contributed by atoms with Gasteiger partial charge in [-0.15, -0.1) is 0 Å². The Morgan fingerprint density at radius 1 is 1.43 bits per heavy atom. The average Bonchev–Trinajstić information content (AvgIpc) is 2.95. The van der Waals surface area contributed by atoms with Crippen molar-refractivity contribution >= 4 is 11.7 Å². The van der Waals surface area contributed by atoms with Crippen LogP contribution in [0, 0.1) is 0 Å². The van der Waals surface area contributed by atoms with Crippen molar-refractivity contribution in [1.82, 2.24) is 15.1 Å². The van der Waals surface area contributed by atoms with Crippen LogP contribution in [0.1, 0.15) is 56.7 Å². The summed E-state index contributed by atoms with van der Waals surface area (Å²) in [6.07, 6.45) is 1.83. The SMILES string of the molecule is CCc1cc(C(=O)NC(CC)(CC)C(N)=NO)n(CC)n1. The van der Waals surface area contributed by atoms with E-state index in [2.05, 4.69) is 15.6 Å². The standard InChI is InChI=1S/C14H25N5O2/c1-5-10-9-11(19(8-4)17-10)12(20)16-14(6-2,7-3)13(15)18-21/h9,21H,5-8H2,1-4H3,(H2,15,18)(H,16,20). The summed E-state index contributed by atoms with van der Waals surface area (Å²) in [6.45, 7) is 8.30. The van der Waals surface area contributed by atoms with Crippen molar-refractivity contribution < 1.29 is 10.0 Å². The number of hydrogen-bond donors (Lipinski definition) is 3. The lowest BCUT2D eigenvalue weighted by Crippen LogP contribution is -2.57. The highest BCUT2D eigenvalue weighted by Gasteiger charge is 2.34. The summed E-state index contributed by atoms with van der Waals surface area (Å²) in [5.74, 6) is -0.251. The van der Waals surface area contributed by atoms with Gasteiger partial charge >= 0.3 is 0 Å². The topological polar surface area (TPSA) is 106 Å². The van der Waals surface area contributed by atoms with E-state index in [0.29, 0.717) is 25.1 Å². The molecule has 7 nitrogen and oxygen atoms in total. The molecule has 7 heteroatoms. The van der Waals surface area contributed by atoms with Crippen LogP contribution in [0.25, 0.3) is 0 Å². The van der Waals surface area contributed by atoms with Crippen molar-refractivity contribution in [3.8, 4) is 0 Å². The highest BCUT2D eigenvalue weighted by atomic mass is 16.4. The van der Waals surface area contributed by atoms with Gasteiger partial charge in [-0.1, -0.05) is 25.9 Å². The van der Waals surface area contributed by atoms with Gasteiger partial charge in [-0.3, -0.25) is 9.48 Å². The van der Waals surface area contributed by atoms with Crippen molar-refractivity contribution in [2.75, 3.05) is 0 Å². The minimum absolute atomic E-state index is 0.0131. The first-order chi connectivity index (χ1) is 9.97. The number of aromatic nitrogens is 2. The van der Waals surface area contributed by atoms with Crippen LogP contribution in [-0.4, -0.2) is 32.3 Å². The zero-order valence-corrected chi connectivity index (χ0v) is 13.2. The Morgan fingerprint density at radius 3 is 2.48 bits per heavy atom. The summed E-state index contributed by atoms with van der Waals surface area (Å²) in [5, 5.41) is 19.3. The zero-order chi connectivity index (χ0) is 16.0. The molecule has 0 fully saturated rings. The molecule has 0 saturated heterocycles. The fourth-order valence-electron chi connectivity index (χ4n) is 2.30. The Kier molecular flexibility index (Phi) is 5.75. The molecule has 1 aromatic rings. The molecule has 1 heterocycles. The van der Waals surface area contributed by atoms with E-state index in [1.165, 1.54) is 0 Å². The van der Waals surface area contributed by atoms with Gasteiger partial charge in [0.25, 0.3) is 5.91 Å². The normalized spacial score (nSPS) is 12.5. The maximum absolute atomic E-state index is 12.5. The third kappa shape index (κ3) is 3.34. The Balaban J connectivity index is 3.11. The molecule has 0 bridgehead atoms. The minimum Gasteiger partial charge on any atom is -0.409 e. The van der Waals surface area contributed by atoms with Gasteiger partial charge in [0.2, 0.25) is 0 Å². The summed E-state index contributed by atoms with van der Waals surface area (Å²) in [5.41, 5.74) is 6.28. The zero-order valence-electron chi connectivity index (χ0n) is 13.2. The van der Waals surface area contributed by atoms with E-state index < -0.39 is 5.54 Å². The van der Waals surface area contributed by atoms with Gasteiger partial charge < -0.3 is 16.3 Å². The Morgan fingerprint density at radius 2 is 2.05 bits per heavy atom. The minimum atomic E-state index is -0.846. The van der Waals surface area contributed by atoms with Crippen LogP contribution >= 0.6 is 0 Å². The fraction of sp³-hybridized carbons (Fsp3) is 0.643. The predicted octanol–water partition coefficient (Wildman–Crippen LogP) is 1.50. The predicted molar refractivity (Wildman–Crippen MR) is 81.5 cm³/mol. The molecule has 21 heavy (non-hydrogen) atoms. The second-order valence-electron chi connectivity index (χ2n) is 4.92. The van der Waals surface area contributed by atoms with E-state index in [0.717, 1.165) is 12.1 Å². The maximum atomic E-state index is 12.5. The highest BCUT2D eigenvalue weighted by molar-refractivity contribution is 5.99. The maximum Gasteiger partial charge on any atom is 0.270 e. The highest BCUT2D eigenvalue weighted by Crippen LogP contribution is 2.17. The Labute approximate surface area is 125 Å². The molecule has 1 rings (SSSR count). The van der Waals surface area contributed by atoms with Crippen molar-refractivity contribution in [2.45, 2.75) is 59.0 Å². The molecular formula is C14H25N5O2. The number of hydrogen-bond acceptors (Lipinski definition) is 4. The van der Waals surface area contributed by atoms with Crippen molar-refractivity contribution in [1.29, 1.82) is 0 Å². The lowest BCUT2D eigenvalue weighted by molar-refractivity contribution is 0.0907. The number of aryl methyl sites for hydroxylation is 2. The monoisotopic (exact) mass is 295 g/mol. The summed E-state index contributed by atoms with van der Waals surface area (Å²) >= 11 is 0. The molecule has 0 aromatic carbocycles. The van der Waals surface area contributed by atoms with Crippen molar-refractivity contribution in [3.63, 3.8) is 0 Å². The van der Waals surface area contributed by atoms with Crippen LogP contribution < -0.4 is 11.1 Å². The first-order valence-corrected chi connectivity index (χ1v) is 7.35. The molecular weight excluding hydrogens is 270 g/mol. The quantitative estimate of drug-likeness (QED) is 0.307. The van der Waals surface area contributed by atoms with Gasteiger partial charge in [0, 0.05) is 6.54 Å². The van der Waals surface area contributed by atoms with Crippen LogP contribution in [0.15, 0.2) is 11.2 Å². The average molecular weight is 295 g/mol. The van der Waals surface area contributed by atoms with Gasteiger partial charge in [-0.05, 0) is 32.3 Å². The third-order valence-electron chi connectivity index (χ3n) is 3.88. The molecule has 0 radical (unpaired) electrons. The van der Waals surface area contributed by atoms with Crippen LogP contribution in [0.4, 0.5) is 0 Å².